The topological polar surface area (TPSA) is 29.9 Å². The van der Waals surface area contributed by atoms with E-state index in [1.165, 1.54) is 15.9 Å². The number of hydrogen-bond acceptors (Lipinski definition) is 2. The van der Waals surface area contributed by atoms with Crippen molar-refractivity contribution in [3.05, 3.63) is 15.9 Å². The van der Waals surface area contributed by atoms with Crippen molar-refractivity contribution < 1.29 is 0 Å². The summed E-state index contributed by atoms with van der Waals surface area (Å²) in [5, 5.41) is 8.04. The monoisotopic (exact) mass is 329 g/mol. The highest BCUT2D eigenvalue weighted by Crippen LogP contribution is 2.34. The van der Waals surface area contributed by atoms with Crippen LogP contribution >= 0.6 is 15.9 Å². The molecular formula is C15H28BrN3. The number of aryl methyl sites for hydroxylation is 2. The van der Waals surface area contributed by atoms with Crippen LogP contribution in [0.4, 0.5) is 0 Å². The Bertz CT molecular complexity index is 412. The maximum atomic E-state index is 4.70. The first-order chi connectivity index (χ1) is 8.89. The molecule has 0 aliphatic carbocycles. The van der Waals surface area contributed by atoms with Gasteiger partial charge in [-0.05, 0) is 54.1 Å². The highest BCUT2D eigenvalue weighted by molar-refractivity contribution is 9.10. The molecule has 0 aromatic carbocycles. The van der Waals surface area contributed by atoms with Crippen molar-refractivity contribution in [2.75, 3.05) is 13.6 Å². The molecule has 0 spiro atoms. The molecule has 19 heavy (non-hydrogen) atoms. The first-order valence-electron chi connectivity index (χ1n) is 7.28. The fourth-order valence-corrected chi connectivity index (χ4v) is 3.15. The Morgan fingerprint density at radius 2 is 2.00 bits per heavy atom. The molecule has 0 aliphatic heterocycles. The van der Waals surface area contributed by atoms with Crippen LogP contribution < -0.4 is 5.32 Å². The van der Waals surface area contributed by atoms with E-state index >= 15 is 0 Å². The van der Waals surface area contributed by atoms with E-state index in [0.29, 0.717) is 5.92 Å². The standard InChI is InChI=1S/C15H28BrN3/c1-7-12-14(16)13(19(8-2)18-12)9-15(5,10-17-6)11(3)4/h11,17H,7-10H2,1-6H3. The third-order valence-corrected chi connectivity index (χ3v) is 5.16. The summed E-state index contributed by atoms with van der Waals surface area (Å²) in [6, 6.07) is 0. The highest BCUT2D eigenvalue weighted by Gasteiger charge is 2.31. The molecule has 1 atom stereocenters. The van der Waals surface area contributed by atoms with Crippen LogP contribution in [0.1, 0.15) is 46.0 Å². The zero-order valence-corrected chi connectivity index (χ0v) is 14.8. The summed E-state index contributed by atoms with van der Waals surface area (Å²) in [6.07, 6.45) is 2.03. The van der Waals surface area contributed by atoms with Crippen LogP contribution in [-0.4, -0.2) is 23.4 Å². The van der Waals surface area contributed by atoms with Crippen molar-refractivity contribution in [2.45, 2.75) is 54.0 Å². The van der Waals surface area contributed by atoms with Crippen molar-refractivity contribution in [3.63, 3.8) is 0 Å². The van der Waals surface area contributed by atoms with Gasteiger partial charge in [-0.2, -0.15) is 5.10 Å². The maximum absolute atomic E-state index is 4.70. The summed E-state index contributed by atoms with van der Waals surface area (Å²) in [4.78, 5) is 0. The maximum Gasteiger partial charge on any atom is 0.0766 e. The van der Waals surface area contributed by atoms with Gasteiger partial charge in [-0.15, -0.1) is 0 Å². The summed E-state index contributed by atoms with van der Waals surface area (Å²) in [6.45, 7) is 13.2. The third-order valence-electron chi connectivity index (χ3n) is 4.24. The molecule has 0 radical (unpaired) electrons. The number of halogens is 1. The second-order valence-corrected chi connectivity index (χ2v) is 6.69. The minimum atomic E-state index is 0.245. The lowest BCUT2D eigenvalue weighted by molar-refractivity contribution is 0.207. The van der Waals surface area contributed by atoms with Crippen LogP contribution in [0, 0.1) is 11.3 Å². The van der Waals surface area contributed by atoms with Crippen LogP contribution in [-0.2, 0) is 19.4 Å². The molecule has 0 aliphatic rings. The smallest absolute Gasteiger partial charge is 0.0766 e. The largest absolute Gasteiger partial charge is 0.319 e. The molecule has 1 rings (SSSR count). The number of nitrogens with zero attached hydrogens (tertiary/aromatic N) is 2. The lowest BCUT2D eigenvalue weighted by atomic mass is 9.75. The molecule has 0 fully saturated rings. The SMILES string of the molecule is CCc1nn(CC)c(CC(C)(CNC)C(C)C)c1Br. The Morgan fingerprint density at radius 1 is 1.37 bits per heavy atom. The van der Waals surface area contributed by atoms with E-state index in [1.807, 2.05) is 7.05 Å². The van der Waals surface area contributed by atoms with Crippen LogP contribution in [0.3, 0.4) is 0 Å². The molecule has 1 heterocycles. The van der Waals surface area contributed by atoms with Crippen molar-refractivity contribution >= 4 is 15.9 Å². The summed E-state index contributed by atoms with van der Waals surface area (Å²) >= 11 is 3.75. The van der Waals surface area contributed by atoms with Gasteiger partial charge < -0.3 is 5.32 Å². The van der Waals surface area contributed by atoms with Crippen molar-refractivity contribution in [1.29, 1.82) is 0 Å². The molecule has 1 N–H and O–H groups in total. The molecule has 1 unspecified atom stereocenters. The first-order valence-corrected chi connectivity index (χ1v) is 8.07. The molecule has 1 aromatic rings. The number of aromatic nitrogens is 2. The molecule has 110 valence electrons. The predicted molar refractivity (Wildman–Crippen MR) is 85.6 cm³/mol. The Kier molecular flexibility index (Phi) is 6.06. The summed E-state index contributed by atoms with van der Waals surface area (Å²) in [5.74, 6) is 0.622. The van der Waals surface area contributed by atoms with Gasteiger partial charge in [0.25, 0.3) is 0 Å². The summed E-state index contributed by atoms with van der Waals surface area (Å²) in [5.41, 5.74) is 2.76. The van der Waals surface area contributed by atoms with E-state index in [4.69, 9.17) is 5.10 Å². The molecule has 0 saturated heterocycles. The van der Waals surface area contributed by atoms with Gasteiger partial charge in [-0.1, -0.05) is 27.7 Å². The van der Waals surface area contributed by atoms with E-state index < -0.39 is 0 Å². The van der Waals surface area contributed by atoms with Gasteiger partial charge in [0.15, 0.2) is 0 Å². The molecule has 4 heteroatoms. The highest BCUT2D eigenvalue weighted by atomic mass is 79.9. The van der Waals surface area contributed by atoms with Gasteiger partial charge in [0.1, 0.15) is 0 Å². The van der Waals surface area contributed by atoms with Gasteiger partial charge in [0.05, 0.1) is 15.9 Å². The number of rotatable bonds is 7. The van der Waals surface area contributed by atoms with E-state index in [1.54, 1.807) is 0 Å². The quantitative estimate of drug-likeness (QED) is 0.827. The van der Waals surface area contributed by atoms with E-state index in [9.17, 15) is 0 Å². The average Bonchev–Trinajstić information content (AvgIpc) is 2.66. The van der Waals surface area contributed by atoms with Crippen molar-refractivity contribution in [2.24, 2.45) is 11.3 Å². The summed E-state index contributed by atoms with van der Waals surface area (Å²) in [7, 11) is 2.03. The molecule has 0 bridgehead atoms. The lowest BCUT2D eigenvalue weighted by Gasteiger charge is -2.34. The van der Waals surface area contributed by atoms with Gasteiger partial charge in [-0.25, -0.2) is 0 Å². The zero-order valence-electron chi connectivity index (χ0n) is 13.2. The molecule has 1 aromatic heterocycles. The average molecular weight is 330 g/mol. The molecule has 0 amide bonds. The third kappa shape index (κ3) is 3.60. The van der Waals surface area contributed by atoms with E-state index in [0.717, 1.165) is 25.9 Å². The van der Waals surface area contributed by atoms with Crippen LogP contribution in [0.2, 0.25) is 0 Å². The molecule has 3 nitrogen and oxygen atoms in total. The van der Waals surface area contributed by atoms with Crippen molar-refractivity contribution in [3.8, 4) is 0 Å². The Morgan fingerprint density at radius 3 is 2.42 bits per heavy atom. The van der Waals surface area contributed by atoms with Gasteiger partial charge in [0.2, 0.25) is 0 Å². The minimum absolute atomic E-state index is 0.245. The van der Waals surface area contributed by atoms with Gasteiger partial charge in [0, 0.05) is 13.1 Å². The summed E-state index contributed by atoms with van der Waals surface area (Å²) < 4.78 is 3.36. The molecule has 0 saturated carbocycles. The minimum Gasteiger partial charge on any atom is -0.319 e. The zero-order chi connectivity index (χ0) is 14.6. The predicted octanol–water partition coefficient (Wildman–Crippen LogP) is 3.65. The number of hydrogen-bond donors (Lipinski definition) is 1. The Hall–Kier alpha value is -0.350. The van der Waals surface area contributed by atoms with Gasteiger partial charge in [-0.3, -0.25) is 4.68 Å². The fraction of sp³-hybridized carbons (Fsp3) is 0.800. The number of nitrogens with one attached hydrogen (secondary N) is 1. The Labute approximate surface area is 126 Å². The first kappa shape index (κ1) is 16.7. The van der Waals surface area contributed by atoms with Crippen LogP contribution in [0.25, 0.3) is 0 Å². The van der Waals surface area contributed by atoms with Crippen LogP contribution in [0.15, 0.2) is 4.47 Å². The lowest BCUT2D eigenvalue weighted by Crippen LogP contribution is -2.37. The second-order valence-electron chi connectivity index (χ2n) is 5.89. The molecular weight excluding hydrogens is 302 g/mol. The Balaban J connectivity index is 3.12. The fourth-order valence-electron chi connectivity index (χ4n) is 2.44. The van der Waals surface area contributed by atoms with Gasteiger partial charge >= 0.3 is 0 Å². The van der Waals surface area contributed by atoms with Crippen LogP contribution in [0.5, 0.6) is 0 Å². The van der Waals surface area contributed by atoms with E-state index in [2.05, 4.69) is 60.5 Å². The van der Waals surface area contributed by atoms with Crippen molar-refractivity contribution in [1.82, 2.24) is 15.1 Å². The normalized spacial score (nSPS) is 14.9. The van der Waals surface area contributed by atoms with E-state index in [-0.39, 0.29) is 5.41 Å². The second kappa shape index (κ2) is 6.89.